The summed E-state index contributed by atoms with van der Waals surface area (Å²) < 4.78 is 12.6. The van der Waals surface area contributed by atoms with E-state index in [1.54, 1.807) is 12.1 Å². The second-order valence-corrected chi connectivity index (χ2v) is 14.5. The monoisotopic (exact) mass is 544 g/mol. The summed E-state index contributed by atoms with van der Waals surface area (Å²) in [6.45, 7) is 12.4. The lowest BCUT2D eigenvalue weighted by atomic mass is 9.42. The molecule has 212 valence electrons. The number of aryl methyl sites for hydroxylation is 2. The van der Waals surface area contributed by atoms with Crippen LogP contribution in [0.4, 0.5) is 0 Å². The standard InChI is InChI=1S/2C17H20O3/c2*1-9-6-11(18)14-10-8-16(2)13(19)4-5-17(3,15(10)16)20-12(14)7-9/h2*6-7,10,15,18H,4-5,8H2,1-3H3/t2*10-,15+,16+,17-/m00/s1. The fraction of sp³-hybridized carbons (Fsp3) is 0.588. The van der Waals surface area contributed by atoms with Gasteiger partial charge in [-0.05, 0) is 101 Å². The van der Waals surface area contributed by atoms with Crippen LogP contribution in [0.3, 0.4) is 0 Å². The molecular formula is C34H40O6. The smallest absolute Gasteiger partial charge is 0.139 e. The third-order valence-electron chi connectivity index (χ3n) is 11.7. The summed E-state index contributed by atoms with van der Waals surface area (Å²) in [5.74, 6) is 3.97. The van der Waals surface area contributed by atoms with E-state index in [1.165, 1.54) is 0 Å². The van der Waals surface area contributed by atoms with E-state index in [-0.39, 0.29) is 45.7 Å². The second kappa shape index (κ2) is 7.83. The Hall–Kier alpha value is -3.02. The van der Waals surface area contributed by atoms with Crippen LogP contribution in [0.1, 0.15) is 100 Å². The summed E-state index contributed by atoms with van der Waals surface area (Å²) in [6.07, 6.45) is 4.50. The Kier molecular flexibility index (Phi) is 5.07. The maximum absolute atomic E-state index is 12.3. The normalized spacial score (nSPS) is 41.2. The summed E-state index contributed by atoms with van der Waals surface area (Å²) >= 11 is 0. The SMILES string of the molecule is Cc1cc(O)c2c(c1)O[C@@]1(C)CCC(=O)[C@@]3(C)C[C@@H]2[C@@H]13.Cc1cc(O)c2c(c1)O[C@@]1(C)CCC(=O)[C@@]3(C)C[C@@H]2[C@@H]13. The molecule has 0 spiro atoms. The largest absolute Gasteiger partial charge is 0.508 e. The maximum Gasteiger partial charge on any atom is 0.139 e. The molecule has 2 aliphatic heterocycles. The molecule has 2 aromatic rings. The molecule has 6 nitrogen and oxygen atoms in total. The van der Waals surface area contributed by atoms with Crippen molar-refractivity contribution in [3.8, 4) is 23.0 Å². The van der Waals surface area contributed by atoms with Crippen LogP contribution >= 0.6 is 0 Å². The number of phenols is 2. The van der Waals surface area contributed by atoms with Gasteiger partial charge in [0.05, 0.1) is 0 Å². The number of Topliss-reactive ketones (excluding diaryl/α,β-unsaturated/α-hetero) is 2. The number of rotatable bonds is 0. The molecule has 0 aromatic heterocycles. The highest BCUT2D eigenvalue weighted by Gasteiger charge is 2.69. The molecule has 6 heteroatoms. The number of ketones is 2. The minimum atomic E-state index is -0.265. The molecule has 6 aliphatic rings. The first-order valence-corrected chi connectivity index (χ1v) is 14.8. The van der Waals surface area contributed by atoms with Crippen LogP contribution in [0.5, 0.6) is 23.0 Å². The topological polar surface area (TPSA) is 93.1 Å². The highest BCUT2D eigenvalue weighted by atomic mass is 16.5. The quantitative estimate of drug-likeness (QED) is 0.386. The molecule has 2 heterocycles. The van der Waals surface area contributed by atoms with Gasteiger partial charge in [0.1, 0.15) is 45.8 Å². The summed E-state index contributed by atoms with van der Waals surface area (Å²) in [5.41, 5.74) is 2.82. The van der Waals surface area contributed by atoms with Crippen molar-refractivity contribution in [1.29, 1.82) is 0 Å². The van der Waals surface area contributed by atoms with Gasteiger partial charge in [-0.25, -0.2) is 0 Å². The predicted octanol–water partition coefficient (Wildman–Crippen LogP) is 6.65. The molecule has 40 heavy (non-hydrogen) atoms. The third-order valence-corrected chi connectivity index (χ3v) is 11.7. The van der Waals surface area contributed by atoms with Gasteiger partial charge in [0.25, 0.3) is 0 Å². The van der Waals surface area contributed by atoms with Gasteiger partial charge in [0.2, 0.25) is 0 Å². The number of ether oxygens (including phenoxy) is 2. The van der Waals surface area contributed by atoms with E-state index < -0.39 is 0 Å². The summed E-state index contributed by atoms with van der Waals surface area (Å²) in [4.78, 5) is 24.6. The van der Waals surface area contributed by atoms with Gasteiger partial charge in [-0.15, -0.1) is 0 Å². The minimum Gasteiger partial charge on any atom is -0.508 e. The highest BCUT2D eigenvalue weighted by molar-refractivity contribution is 5.89. The van der Waals surface area contributed by atoms with Crippen molar-refractivity contribution in [2.24, 2.45) is 22.7 Å². The lowest BCUT2D eigenvalue weighted by molar-refractivity contribution is -0.180. The Morgan fingerprint density at radius 1 is 0.675 bits per heavy atom. The van der Waals surface area contributed by atoms with E-state index in [1.807, 2.05) is 26.0 Å². The number of benzene rings is 2. The Bertz CT molecular complexity index is 1380. The molecule has 0 amide bonds. The highest BCUT2D eigenvalue weighted by Crippen LogP contribution is 2.70. The molecule has 0 radical (unpaired) electrons. The Balaban J connectivity index is 0.000000132. The Morgan fingerprint density at radius 2 is 1.05 bits per heavy atom. The molecule has 0 unspecified atom stereocenters. The molecule has 4 fully saturated rings. The van der Waals surface area contributed by atoms with Crippen molar-refractivity contribution in [3.63, 3.8) is 0 Å². The van der Waals surface area contributed by atoms with E-state index in [0.29, 0.717) is 35.9 Å². The fourth-order valence-corrected chi connectivity index (χ4v) is 10.0. The van der Waals surface area contributed by atoms with Gasteiger partial charge in [-0.3, -0.25) is 9.59 Å². The second-order valence-electron chi connectivity index (χ2n) is 14.5. The molecule has 0 saturated heterocycles. The van der Waals surface area contributed by atoms with Crippen LogP contribution in [0, 0.1) is 36.5 Å². The van der Waals surface area contributed by atoms with Crippen molar-refractivity contribution in [1.82, 2.24) is 0 Å². The van der Waals surface area contributed by atoms with Crippen molar-refractivity contribution in [2.45, 2.75) is 103 Å². The molecular weight excluding hydrogens is 504 g/mol. The number of aromatic hydroxyl groups is 2. The average Bonchev–Trinajstić information content (AvgIpc) is 2.81. The van der Waals surface area contributed by atoms with Crippen LogP contribution in [0.25, 0.3) is 0 Å². The maximum atomic E-state index is 12.3. The molecule has 4 aliphatic carbocycles. The fourth-order valence-electron chi connectivity index (χ4n) is 10.0. The van der Waals surface area contributed by atoms with Gasteiger partial charge < -0.3 is 19.7 Å². The molecule has 2 aromatic carbocycles. The van der Waals surface area contributed by atoms with E-state index in [4.69, 9.17) is 9.47 Å². The lowest BCUT2D eigenvalue weighted by Gasteiger charge is -2.64. The van der Waals surface area contributed by atoms with Crippen LogP contribution in [0.2, 0.25) is 0 Å². The Morgan fingerprint density at radius 3 is 1.43 bits per heavy atom. The molecule has 2 N–H and O–H groups in total. The van der Waals surface area contributed by atoms with E-state index in [9.17, 15) is 19.8 Å². The van der Waals surface area contributed by atoms with Crippen LogP contribution in [-0.4, -0.2) is 33.0 Å². The number of hydrogen-bond acceptors (Lipinski definition) is 6. The summed E-state index contributed by atoms with van der Waals surface area (Å²) in [5, 5.41) is 20.6. The molecule has 8 atom stereocenters. The lowest BCUT2D eigenvalue weighted by Crippen LogP contribution is -2.66. The van der Waals surface area contributed by atoms with Crippen molar-refractivity contribution in [3.05, 3.63) is 46.5 Å². The van der Waals surface area contributed by atoms with Crippen molar-refractivity contribution < 1.29 is 29.3 Å². The summed E-state index contributed by atoms with van der Waals surface area (Å²) in [7, 11) is 0. The zero-order valence-corrected chi connectivity index (χ0v) is 24.4. The van der Waals surface area contributed by atoms with Crippen LogP contribution < -0.4 is 9.47 Å². The molecule has 4 saturated carbocycles. The van der Waals surface area contributed by atoms with Gasteiger partial charge in [0, 0.05) is 46.6 Å². The van der Waals surface area contributed by atoms with Gasteiger partial charge in [-0.2, -0.15) is 0 Å². The van der Waals surface area contributed by atoms with E-state index in [2.05, 4.69) is 27.7 Å². The zero-order valence-electron chi connectivity index (χ0n) is 24.4. The summed E-state index contributed by atoms with van der Waals surface area (Å²) in [6, 6.07) is 7.63. The first-order valence-electron chi connectivity index (χ1n) is 14.8. The number of carbonyl (C=O) groups is 2. The third kappa shape index (κ3) is 3.16. The van der Waals surface area contributed by atoms with Crippen molar-refractivity contribution >= 4 is 11.6 Å². The zero-order chi connectivity index (χ0) is 28.6. The van der Waals surface area contributed by atoms with Gasteiger partial charge in [0.15, 0.2) is 0 Å². The predicted molar refractivity (Wildman–Crippen MR) is 150 cm³/mol. The van der Waals surface area contributed by atoms with Gasteiger partial charge >= 0.3 is 0 Å². The average molecular weight is 545 g/mol. The minimum absolute atomic E-state index is 0.206. The van der Waals surface area contributed by atoms with Crippen LogP contribution in [0.15, 0.2) is 24.3 Å². The first-order chi connectivity index (χ1) is 18.7. The number of fused-ring (bicyclic) bond motifs is 4. The molecule has 0 bridgehead atoms. The van der Waals surface area contributed by atoms with Crippen molar-refractivity contribution in [2.75, 3.05) is 0 Å². The van der Waals surface area contributed by atoms with E-state index in [0.717, 1.165) is 59.4 Å². The van der Waals surface area contributed by atoms with Crippen LogP contribution in [-0.2, 0) is 9.59 Å². The number of hydrogen-bond donors (Lipinski definition) is 2. The Labute approximate surface area is 236 Å². The molecule has 8 rings (SSSR count). The van der Waals surface area contributed by atoms with E-state index >= 15 is 0 Å². The first kappa shape index (κ1) is 25.9. The number of carbonyl (C=O) groups excluding carboxylic acids is 2. The van der Waals surface area contributed by atoms with Gasteiger partial charge in [-0.1, -0.05) is 13.8 Å². The number of phenolic OH excluding ortho intramolecular Hbond substituents is 2.